The number of unbranched alkanes of at least 4 members (excludes halogenated alkanes) is 3. The molecule has 2 rings (SSSR count). The van der Waals surface area contributed by atoms with Crippen molar-refractivity contribution in [2.75, 3.05) is 13.1 Å². The minimum absolute atomic E-state index is 0.103. The molecule has 4 heteroatoms. The van der Waals surface area contributed by atoms with Gasteiger partial charge >= 0.3 is 0 Å². The number of rotatable bonds is 13. The number of phenols is 2. The second-order valence-corrected chi connectivity index (χ2v) is 16.6. The first kappa shape index (κ1) is 37.3. The Labute approximate surface area is 270 Å². The lowest BCUT2D eigenvalue weighted by Gasteiger charge is -2.28. The van der Waals surface area contributed by atoms with Crippen LogP contribution in [0.1, 0.15) is 142 Å². The number of hydrogen-bond donors (Lipinski definition) is 4. The Morgan fingerprint density at radius 2 is 0.750 bits per heavy atom. The van der Waals surface area contributed by atoms with E-state index in [9.17, 15) is 10.2 Å². The maximum Gasteiger partial charge on any atom is 0.123 e. The Kier molecular flexibility index (Phi) is 13.1. The largest absolute Gasteiger partial charge is 0.507 e. The van der Waals surface area contributed by atoms with E-state index in [0.717, 1.165) is 61.0 Å². The Balaban J connectivity index is 1.71. The molecule has 0 aliphatic heterocycles. The lowest BCUT2D eigenvalue weighted by Crippen LogP contribution is -2.18. The van der Waals surface area contributed by atoms with Gasteiger partial charge in [0.25, 0.3) is 0 Å². The molecule has 2 aromatic rings. The quantitative estimate of drug-likeness (QED) is 0.172. The Hall–Kier alpha value is -2.88. The zero-order chi connectivity index (χ0) is 33.3. The predicted molar refractivity (Wildman–Crippen MR) is 191 cm³/mol. The second kappa shape index (κ2) is 15.4. The van der Waals surface area contributed by atoms with Gasteiger partial charge in [-0.2, -0.15) is 0 Å². The van der Waals surface area contributed by atoms with E-state index in [1.165, 1.54) is 24.0 Å². The Morgan fingerprint density at radius 3 is 1.00 bits per heavy atom. The van der Waals surface area contributed by atoms with Gasteiger partial charge in [0.2, 0.25) is 0 Å². The van der Waals surface area contributed by atoms with Crippen LogP contribution in [0, 0.1) is 0 Å². The highest BCUT2D eigenvalue weighted by molar-refractivity contribution is 5.51. The fraction of sp³-hybridized carbons (Fsp3) is 0.600. The first-order valence-electron chi connectivity index (χ1n) is 16.7. The van der Waals surface area contributed by atoms with Crippen molar-refractivity contribution in [2.45, 2.75) is 143 Å². The van der Waals surface area contributed by atoms with Gasteiger partial charge in [0.05, 0.1) is 0 Å². The normalized spacial score (nSPS) is 13.3. The van der Waals surface area contributed by atoms with E-state index in [1.807, 2.05) is 0 Å². The highest BCUT2D eigenvalue weighted by Gasteiger charge is 2.27. The molecule has 0 amide bonds. The summed E-state index contributed by atoms with van der Waals surface area (Å²) < 4.78 is 0. The van der Waals surface area contributed by atoms with Gasteiger partial charge in [-0.1, -0.05) is 132 Å². The summed E-state index contributed by atoms with van der Waals surface area (Å²) in [6.45, 7) is 27.9. The molecule has 0 bridgehead atoms. The van der Waals surface area contributed by atoms with Gasteiger partial charge in [-0.25, -0.2) is 0 Å². The van der Waals surface area contributed by atoms with Crippen molar-refractivity contribution in [3.8, 4) is 11.5 Å². The SMILES string of the molecule is CC(C)(C)c1cc(CC=CNCCCCCCNC=CCc2cc(C(C)(C)C)c(O)c(C(C)(C)C)c2)cc(C(C)(C)C)c1O. The molecule has 4 nitrogen and oxygen atoms in total. The van der Waals surface area contributed by atoms with Gasteiger partial charge in [-0.05, 0) is 93.1 Å². The van der Waals surface area contributed by atoms with Crippen LogP contribution in [0.25, 0.3) is 0 Å². The molecule has 0 saturated carbocycles. The molecule has 0 atom stereocenters. The number of hydrogen-bond acceptors (Lipinski definition) is 4. The molecule has 44 heavy (non-hydrogen) atoms. The molecule has 0 aromatic heterocycles. The summed E-state index contributed by atoms with van der Waals surface area (Å²) in [6.07, 6.45) is 15.0. The van der Waals surface area contributed by atoms with Crippen LogP contribution in [0.5, 0.6) is 11.5 Å². The average molecular weight is 605 g/mol. The molecule has 0 heterocycles. The number of benzene rings is 2. The van der Waals surface area contributed by atoms with E-state index in [4.69, 9.17) is 0 Å². The van der Waals surface area contributed by atoms with Crippen LogP contribution in [0.2, 0.25) is 0 Å². The Bertz CT molecular complexity index is 1090. The summed E-state index contributed by atoms with van der Waals surface area (Å²) in [5.41, 5.74) is 6.16. The molecule has 0 unspecified atom stereocenters. The summed E-state index contributed by atoms with van der Waals surface area (Å²) in [6, 6.07) is 8.66. The van der Waals surface area contributed by atoms with Gasteiger partial charge < -0.3 is 20.8 Å². The lowest BCUT2D eigenvalue weighted by atomic mass is 9.78. The van der Waals surface area contributed by atoms with Gasteiger partial charge in [0.1, 0.15) is 11.5 Å². The van der Waals surface area contributed by atoms with E-state index in [1.54, 1.807) is 0 Å². The van der Waals surface area contributed by atoms with Crippen LogP contribution < -0.4 is 10.6 Å². The molecule has 0 radical (unpaired) electrons. The van der Waals surface area contributed by atoms with Crippen LogP contribution in [-0.2, 0) is 34.5 Å². The van der Waals surface area contributed by atoms with Crippen molar-refractivity contribution >= 4 is 0 Å². The average Bonchev–Trinajstić information content (AvgIpc) is 2.87. The third-order valence-corrected chi connectivity index (χ3v) is 8.14. The molecule has 4 N–H and O–H groups in total. The highest BCUT2D eigenvalue weighted by Crippen LogP contribution is 2.41. The first-order chi connectivity index (χ1) is 20.2. The van der Waals surface area contributed by atoms with Crippen molar-refractivity contribution in [1.82, 2.24) is 10.6 Å². The highest BCUT2D eigenvalue weighted by atomic mass is 16.3. The number of aromatic hydroxyl groups is 2. The van der Waals surface area contributed by atoms with E-state index in [0.29, 0.717) is 11.5 Å². The second-order valence-electron chi connectivity index (χ2n) is 16.6. The summed E-state index contributed by atoms with van der Waals surface area (Å²) in [5, 5.41) is 28.8. The van der Waals surface area contributed by atoms with Gasteiger partial charge in [-0.15, -0.1) is 0 Å². The standard InChI is InChI=1S/C40H64N2O2/c1-37(2,3)31-25-29(26-32(35(31)43)38(4,5)6)19-17-23-41-21-15-13-14-16-22-42-24-18-20-30-27-33(39(7,8)9)36(44)34(28-30)40(10,11)12/h17-18,23-28,41-44H,13-16,19-22H2,1-12H3. The van der Waals surface area contributed by atoms with Crippen molar-refractivity contribution in [1.29, 1.82) is 0 Å². The van der Waals surface area contributed by atoms with E-state index >= 15 is 0 Å². The van der Waals surface area contributed by atoms with Crippen molar-refractivity contribution in [3.63, 3.8) is 0 Å². The maximum atomic E-state index is 10.9. The topological polar surface area (TPSA) is 64.5 Å². The lowest BCUT2D eigenvalue weighted by molar-refractivity contribution is 0.422. The number of allylic oxidation sites excluding steroid dienone is 2. The van der Waals surface area contributed by atoms with Crippen LogP contribution in [0.4, 0.5) is 0 Å². The molecule has 0 spiro atoms. The van der Waals surface area contributed by atoms with E-state index in [2.05, 4.69) is 143 Å². The van der Waals surface area contributed by atoms with E-state index < -0.39 is 0 Å². The minimum Gasteiger partial charge on any atom is -0.507 e. The summed E-state index contributed by atoms with van der Waals surface area (Å²) in [4.78, 5) is 0. The fourth-order valence-electron chi connectivity index (χ4n) is 5.44. The van der Waals surface area contributed by atoms with Crippen LogP contribution >= 0.6 is 0 Å². The predicted octanol–water partition coefficient (Wildman–Crippen LogP) is 9.84. The summed E-state index contributed by atoms with van der Waals surface area (Å²) in [7, 11) is 0. The summed E-state index contributed by atoms with van der Waals surface area (Å²) in [5.74, 6) is 0.890. The van der Waals surface area contributed by atoms with Crippen molar-refractivity contribution < 1.29 is 10.2 Å². The third kappa shape index (κ3) is 11.6. The Morgan fingerprint density at radius 1 is 0.477 bits per heavy atom. The number of nitrogens with one attached hydrogen (secondary N) is 2. The van der Waals surface area contributed by atoms with Crippen molar-refractivity contribution in [3.05, 3.63) is 82.2 Å². The molecule has 0 fully saturated rings. The molecule has 0 aliphatic rings. The monoisotopic (exact) mass is 604 g/mol. The zero-order valence-electron chi connectivity index (χ0n) is 30.2. The maximum absolute atomic E-state index is 10.9. The molecule has 0 saturated heterocycles. The van der Waals surface area contributed by atoms with Gasteiger partial charge in [-0.3, -0.25) is 0 Å². The van der Waals surface area contributed by atoms with Gasteiger partial charge in [0, 0.05) is 13.1 Å². The van der Waals surface area contributed by atoms with Gasteiger partial charge in [0.15, 0.2) is 0 Å². The fourth-order valence-corrected chi connectivity index (χ4v) is 5.44. The molecular weight excluding hydrogens is 540 g/mol. The van der Waals surface area contributed by atoms with Crippen LogP contribution in [0.3, 0.4) is 0 Å². The third-order valence-electron chi connectivity index (χ3n) is 8.14. The smallest absolute Gasteiger partial charge is 0.123 e. The summed E-state index contributed by atoms with van der Waals surface area (Å²) >= 11 is 0. The van der Waals surface area contributed by atoms with Crippen LogP contribution in [-0.4, -0.2) is 23.3 Å². The molecule has 0 aliphatic carbocycles. The molecule has 246 valence electrons. The zero-order valence-corrected chi connectivity index (χ0v) is 30.2. The minimum atomic E-state index is -0.103. The number of phenolic OH excluding ortho intramolecular Hbond substituents is 2. The first-order valence-corrected chi connectivity index (χ1v) is 16.7. The van der Waals surface area contributed by atoms with Crippen LogP contribution in [0.15, 0.2) is 48.8 Å². The van der Waals surface area contributed by atoms with Crippen molar-refractivity contribution in [2.24, 2.45) is 0 Å². The van der Waals surface area contributed by atoms with E-state index in [-0.39, 0.29) is 21.7 Å². The molecule has 2 aromatic carbocycles. The molecular formula is C40H64N2O2.